The van der Waals surface area contributed by atoms with Crippen molar-refractivity contribution >= 4 is 28.5 Å². The lowest BCUT2D eigenvalue weighted by molar-refractivity contribution is 0.135. The molecule has 3 fully saturated rings. The number of amidine groups is 1. The number of nitrogens with zero attached hydrogens (tertiary/aromatic N) is 7. The second-order valence-corrected chi connectivity index (χ2v) is 10.8. The van der Waals surface area contributed by atoms with Gasteiger partial charge in [0, 0.05) is 53.9 Å². The summed E-state index contributed by atoms with van der Waals surface area (Å²) in [5, 5.41) is 18.0. The van der Waals surface area contributed by atoms with Crippen molar-refractivity contribution in [2.45, 2.75) is 76.0 Å². The van der Waals surface area contributed by atoms with Crippen molar-refractivity contribution in [3.63, 3.8) is 0 Å². The quantitative estimate of drug-likeness (QED) is 0.304. The van der Waals surface area contributed by atoms with Crippen LogP contribution in [0.15, 0.2) is 47.4 Å². The SMILES string of the molecule is C/C(N)=C/C(N)=Nc1nc(NC2C[C@H]3CC[C@@H](C2)N3CCC#N)nc2cc(-c3cnn(C4CC4)c3)ccc12. The van der Waals surface area contributed by atoms with Gasteiger partial charge in [-0.15, -0.1) is 0 Å². The van der Waals surface area contributed by atoms with Gasteiger partial charge in [0.2, 0.25) is 5.95 Å². The van der Waals surface area contributed by atoms with E-state index in [0.29, 0.717) is 47.8 Å². The lowest BCUT2D eigenvalue weighted by Crippen LogP contribution is -2.47. The number of hydrogen-bond acceptors (Lipinski definition) is 8. The smallest absolute Gasteiger partial charge is 0.225 e. The molecule has 4 heterocycles. The molecule has 5 N–H and O–H groups in total. The molecule has 196 valence electrons. The molecule has 1 unspecified atom stereocenters. The van der Waals surface area contributed by atoms with Crippen LogP contribution in [0.2, 0.25) is 0 Å². The number of rotatable bonds is 8. The predicted molar refractivity (Wildman–Crippen MR) is 149 cm³/mol. The Labute approximate surface area is 222 Å². The van der Waals surface area contributed by atoms with Crippen LogP contribution in [0, 0.1) is 11.3 Å². The highest BCUT2D eigenvalue weighted by Gasteiger charge is 2.40. The molecule has 6 rings (SSSR count). The zero-order chi connectivity index (χ0) is 26.2. The van der Waals surface area contributed by atoms with Gasteiger partial charge in [-0.05, 0) is 69.2 Å². The molecule has 1 aromatic carbocycles. The van der Waals surface area contributed by atoms with E-state index in [-0.39, 0.29) is 6.04 Å². The molecule has 10 nitrogen and oxygen atoms in total. The Balaban J connectivity index is 1.32. The number of hydrogen-bond donors (Lipinski definition) is 3. The number of anilines is 1. The molecule has 0 amide bonds. The number of allylic oxidation sites excluding steroid dienone is 1. The number of fused-ring (bicyclic) bond motifs is 3. The number of nitrogens with one attached hydrogen (secondary N) is 1. The van der Waals surface area contributed by atoms with Crippen LogP contribution in [-0.4, -0.2) is 55.2 Å². The number of piperidine rings is 1. The minimum atomic E-state index is 0.267. The Bertz CT molecular complexity index is 1430. The molecule has 2 aromatic heterocycles. The zero-order valence-electron chi connectivity index (χ0n) is 21.7. The molecule has 3 aliphatic rings. The van der Waals surface area contributed by atoms with Crippen LogP contribution in [0.25, 0.3) is 22.0 Å². The highest BCUT2D eigenvalue weighted by Crippen LogP contribution is 2.38. The Hall–Kier alpha value is -3.97. The second-order valence-electron chi connectivity index (χ2n) is 10.8. The van der Waals surface area contributed by atoms with Gasteiger partial charge in [0.25, 0.3) is 0 Å². The molecule has 3 aromatic rings. The topological polar surface area (TPSA) is 147 Å². The summed E-state index contributed by atoms with van der Waals surface area (Å²) in [6.07, 6.45) is 13.0. The Morgan fingerprint density at radius 1 is 1.13 bits per heavy atom. The van der Waals surface area contributed by atoms with E-state index in [4.69, 9.17) is 26.7 Å². The van der Waals surface area contributed by atoms with Crippen LogP contribution >= 0.6 is 0 Å². The maximum absolute atomic E-state index is 9.04. The number of benzene rings is 1. The van der Waals surface area contributed by atoms with E-state index in [1.165, 1.54) is 25.7 Å². The first-order chi connectivity index (χ1) is 18.5. The third-order valence-electron chi connectivity index (χ3n) is 7.84. The highest BCUT2D eigenvalue weighted by molar-refractivity contribution is 5.98. The van der Waals surface area contributed by atoms with Crippen molar-refractivity contribution in [1.29, 1.82) is 5.26 Å². The molecule has 3 atom stereocenters. The number of aromatic nitrogens is 4. The van der Waals surface area contributed by atoms with Crippen molar-refractivity contribution < 1.29 is 0 Å². The van der Waals surface area contributed by atoms with Crippen LogP contribution in [0.4, 0.5) is 11.8 Å². The minimum Gasteiger partial charge on any atom is -0.402 e. The van der Waals surface area contributed by atoms with E-state index in [1.54, 1.807) is 13.0 Å². The van der Waals surface area contributed by atoms with Gasteiger partial charge >= 0.3 is 0 Å². The molecule has 0 radical (unpaired) electrons. The first-order valence-electron chi connectivity index (χ1n) is 13.5. The van der Waals surface area contributed by atoms with Gasteiger partial charge < -0.3 is 16.8 Å². The summed E-state index contributed by atoms with van der Waals surface area (Å²) in [6.45, 7) is 2.64. The summed E-state index contributed by atoms with van der Waals surface area (Å²) >= 11 is 0. The van der Waals surface area contributed by atoms with Crippen LogP contribution in [0.5, 0.6) is 0 Å². The fraction of sp³-hybridized carbons (Fsp3) is 0.464. The fourth-order valence-corrected chi connectivity index (χ4v) is 5.97. The van der Waals surface area contributed by atoms with Crippen molar-refractivity contribution in [3.8, 4) is 17.2 Å². The molecule has 0 spiro atoms. The summed E-state index contributed by atoms with van der Waals surface area (Å²) in [5.41, 5.74) is 15.5. The van der Waals surface area contributed by atoms with E-state index in [0.717, 1.165) is 41.4 Å². The van der Waals surface area contributed by atoms with Crippen LogP contribution in [0.3, 0.4) is 0 Å². The lowest BCUT2D eigenvalue weighted by atomic mass is 9.97. The molecule has 38 heavy (non-hydrogen) atoms. The standard InChI is InChI=1S/C28H34N10/c1-17(30)11-26(31)35-27-24-8-3-18(19-15-32-38(16-19)21-4-5-21)12-25(24)34-28(36-27)33-20-13-22-6-7-23(14-20)37(22)10-2-9-29/h3,8,11-12,15-16,20-23H,2,4-7,10,13-14,30H2,1H3,(H3,31,33,34,35,36)/b17-11-/t20?,22-,23+. The monoisotopic (exact) mass is 510 g/mol. The minimum absolute atomic E-state index is 0.267. The van der Waals surface area contributed by atoms with Crippen molar-refractivity contribution in [1.82, 2.24) is 24.6 Å². The average molecular weight is 511 g/mol. The third-order valence-corrected chi connectivity index (χ3v) is 7.84. The van der Waals surface area contributed by atoms with E-state index >= 15 is 0 Å². The maximum Gasteiger partial charge on any atom is 0.225 e. The summed E-state index contributed by atoms with van der Waals surface area (Å²) in [6, 6.07) is 10.2. The normalized spacial score (nSPS) is 24.1. The largest absolute Gasteiger partial charge is 0.402 e. The number of nitriles is 1. The number of nitrogens with two attached hydrogens (primary N) is 2. The van der Waals surface area contributed by atoms with Gasteiger partial charge in [-0.3, -0.25) is 9.58 Å². The van der Waals surface area contributed by atoms with Gasteiger partial charge in [-0.25, -0.2) is 9.98 Å². The van der Waals surface area contributed by atoms with Gasteiger partial charge in [-0.1, -0.05) is 6.07 Å². The summed E-state index contributed by atoms with van der Waals surface area (Å²) in [4.78, 5) is 16.8. The Morgan fingerprint density at radius 2 is 1.89 bits per heavy atom. The first kappa shape index (κ1) is 24.4. The van der Waals surface area contributed by atoms with Crippen molar-refractivity contribution in [2.24, 2.45) is 16.5 Å². The molecule has 1 saturated carbocycles. The van der Waals surface area contributed by atoms with Gasteiger partial charge in [0.1, 0.15) is 5.84 Å². The van der Waals surface area contributed by atoms with Crippen molar-refractivity contribution in [2.75, 3.05) is 11.9 Å². The molecule has 2 aliphatic heterocycles. The number of aliphatic imine (C=N–C) groups is 1. The molecule has 2 bridgehead atoms. The molecule has 10 heteroatoms. The van der Waals surface area contributed by atoms with E-state index in [1.807, 2.05) is 12.3 Å². The van der Waals surface area contributed by atoms with E-state index < -0.39 is 0 Å². The van der Waals surface area contributed by atoms with Crippen molar-refractivity contribution in [3.05, 3.63) is 42.4 Å². The van der Waals surface area contributed by atoms with E-state index in [2.05, 4.69) is 49.4 Å². The second kappa shape index (κ2) is 10.1. The Kier molecular flexibility index (Phi) is 6.45. The predicted octanol–water partition coefficient (Wildman–Crippen LogP) is 4.00. The van der Waals surface area contributed by atoms with Crippen LogP contribution in [0.1, 0.15) is 57.9 Å². The van der Waals surface area contributed by atoms with Crippen LogP contribution < -0.4 is 16.8 Å². The molecular formula is C28H34N10. The molecule has 2 saturated heterocycles. The third kappa shape index (κ3) is 5.07. The first-order valence-corrected chi connectivity index (χ1v) is 13.5. The lowest BCUT2D eigenvalue weighted by Gasteiger charge is -2.38. The highest BCUT2D eigenvalue weighted by atomic mass is 15.3. The van der Waals surface area contributed by atoms with E-state index in [9.17, 15) is 0 Å². The molecular weight excluding hydrogens is 476 g/mol. The van der Waals surface area contributed by atoms with Gasteiger partial charge in [-0.2, -0.15) is 15.3 Å². The summed E-state index contributed by atoms with van der Waals surface area (Å²) in [5.74, 6) is 1.37. The Morgan fingerprint density at radius 3 is 2.61 bits per heavy atom. The average Bonchev–Trinajstić information content (AvgIpc) is 3.56. The van der Waals surface area contributed by atoms with Gasteiger partial charge in [0.05, 0.1) is 23.8 Å². The summed E-state index contributed by atoms with van der Waals surface area (Å²) < 4.78 is 2.06. The fourth-order valence-electron chi connectivity index (χ4n) is 5.97. The van der Waals surface area contributed by atoms with Crippen LogP contribution in [-0.2, 0) is 0 Å². The molecule has 1 aliphatic carbocycles. The summed E-state index contributed by atoms with van der Waals surface area (Å²) in [7, 11) is 0. The maximum atomic E-state index is 9.04. The van der Waals surface area contributed by atoms with Gasteiger partial charge in [0.15, 0.2) is 5.82 Å². The zero-order valence-corrected chi connectivity index (χ0v) is 21.7.